The number of para-hydroxylation sites is 1. The average molecular weight is 672 g/mol. The number of hydrogen-bond acceptors (Lipinski definition) is 7. The molecule has 0 spiro atoms. The molecule has 1 fully saturated rings. The van der Waals surface area contributed by atoms with E-state index in [2.05, 4.69) is 92.8 Å². The van der Waals surface area contributed by atoms with Crippen LogP contribution in [0.4, 0.5) is 16.3 Å². The van der Waals surface area contributed by atoms with Crippen LogP contribution < -0.4 is 15.5 Å². The molecule has 1 saturated heterocycles. The molecule has 2 aromatic carbocycles. The molecule has 2 aliphatic rings. The number of rotatable bonds is 7. The third-order valence-corrected chi connectivity index (χ3v) is 15.1. The van der Waals surface area contributed by atoms with Crippen LogP contribution >= 0.6 is 0 Å². The summed E-state index contributed by atoms with van der Waals surface area (Å²) in [5.74, 6) is 0.853. The number of nitrogens with one attached hydrogen (secondary N) is 1. The minimum atomic E-state index is -2.14. The molecule has 0 saturated carbocycles. The van der Waals surface area contributed by atoms with E-state index in [1.165, 1.54) is 4.90 Å². The van der Waals surface area contributed by atoms with E-state index in [-0.39, 0.29) is 29.2 Å². The first-order valence-electron chi connectivity index (χ1n) is 17.0. The number of benzene rings is 2. The Morgan fingerprint density at radius 2 is 1.88 bits per heavy atom. The van der Waals surface area contributed by atoms with Gasteiger partial charge in [0, 0.05) is 37.1 Å². The zero-order valence-corrected chi connectivity index (χ0v) is 30.5. The third kappa shape index (κ3) is 6.11. The van der Waals surface area contributed by atoms with Gasteiger partial charge >= 0.3 is 11.8 Å². The van der Waals surface area contributed by atoms with E-state index in [1.807, 2.05) is 29.0 Å². The largest absolute Gasteiger partial charge is 0.465 e. The number of carbonyl (C=O) groups is 1. The molecule has 2 N–H and O–H groups in total. The van der Waals surface area contributed by atoms with E-state index in [1.54, 1.807) is 0 Å². The van der Waals surface area contributed by atoms with Gasteiger partial charge in [-0.05, 0) is 60.7 Å². The predicted octanol–water partition coefficient (Wildman–Crippen LogP) is 6.29. The molecule has 2 aliphatic heterocycles. The summed E-state index contributed by atoms with van der Waals surface area (Å²) in [5.41, 5.74) is 6.76. The van der Waals surface area contributed by atoms with Gasteiger partial charge in [-0.3, -0.25) is 9.67 Å². The van der Waals surface area contributed by atoms with Gasteiger partial charge in [0.25, 0.3) is 0 Å². The monoisotopic (exact) mass is 671 g/mol. The van der Waals surface area contributed by atoms with E-state index in [0.29, 0.717) is 38.5 Å². The molecule has 0 aliphatic carbocycles. The van der Waals surface area contributed by atoms with E-state index in [4.69, 9.17) is 9.41 Å². The maximum atomic E-state index is 14.4. The number of aromatic amines is 1. The first-order chi connectivity index (χ1) is 22.7. The Labute approximate surface area is 283 Å². The number of anilines is 2. The molecule has 0 radical (unpaired) electrons. The highest BCUT2D eigenvalue weighted by Crippen LogP contribution is 2.39. The van der Waals surface area contributed by atoms with Gasteiger partial charge in [0.1, 0.15) is 5.82 Å². The quantitative estimate of drug-likeness (QED) is 0.220. The van der Waals surface area contributed by atoms with Crippen molar-refractivity contribution in [2.75, 3.05) is 42.6 Å². The molecule has 0 bridgehead atoms. The summed E-state index contributed by atoms with van der Waals surface area (Å²) in [5, 5.41) is 18.4. The van der Waals surface area contributed by atoms with Crippen LogP contribution in [0.25, 0.3) is 16.6 Å². The summed E-state index contributed by atoms with van der Waals surface area (Å²) in [7, 11) is -2.14. The summed E-state index contributed by atoms with van der Waals surface area (Å²) in [6.07, 6.45) is 1.60. The summed E-state index contributed by atoms with van der Waals surface area (Å²) < 4.78 is 8.51. The van der Waals surface area contributed by atoms with Crippen molar-refractivity contribution < 1.29 is 14.3 Å². The number of piperazine rings is 1. The van der Waals surface area contributed by atoms with Crippen molar-refractivity contribution in [1.29, 1.82) is 0 Å². The molecule has 256 valence electrons. The number of aryl methyl sites for hydroxylation is 1. The fraction of sp³-hybridized carbons (Fsp3) is 0.500. The van der Waals surface area contributed by atoms with Gasteiger partial charge in [-0.1, -0.05) is 58.9 Å². The maximum absolute atomic E-state index is 14.4. The number of nitrogens with zero attached hydrogens (tertiary/aromatic N) is 6. The van der Waals surface area contributed by atoms with E-state index < -0.39 is 14.4 Å². The van der Waals surface area contributed by atoms with Crippen LogP contribution in [0.1, 0.15) is 62.9 Å². The second kappa shape index (κ2) is 12.7. The number of hydrogen-bond donors (Lipinski definition) is 2. The molecule has 1 amide bonds. The molecule has 48 heavy (non-hydrogen) atoms. The molecular formula is C36H49N7O4Si. The zero-order chi connectivity index (χ0) is 34.5. The summed E-state index contributed by atoms with van der Waals surface area (Å²) >= 11 is 0. The first kappa shape index (κ1) is 33.7. The Kier molecular flexibility index (Phi) is 8.92. The Morgan fingerprint density at radius 3 is 2.58 bits per heavy atom. The summed E-state index contributed by atoms with van der Waals surface area (Å²) in [4.78, 5) is 37.4. The molecular weight excluding hydrogens is 623 g/mol. The number of fused-ring (bicyclic) bond motifs is 2. The summed E-state index contributed by atoms with van der Waals surface area (Å²) in [6, 6.07) is 12.0. The molecule has 1 unspecified atom stereocenters. The van der Waals surface area contributed by atoms with Gasteiger partial charge in [0.05, 0.1) is 48.0 Å². The third-order valence-electron chi connectivity index (χ3n) is 10.6. The lowest BCUT2D eigenvalue weighted by Crippen LogP contribution is -2.58. The van der Waals surface area contributed by atoms with Crippen LogP contribution in [-0.4, -0.2) is 83.0 Å². The molecule has 11 nitrogen and oxygen atoms in total. The highest BCUT2D eigenvalue weighted by molar-refractivity contribution is 6.74. The smallest absolute Gasteiger partial charge is 0.407 e. The van der Waals surface area contributed by atoms with Crippen molar-refractivity contribution in [2.45, 2.75) is 84.6 Å². The van der Waals surface area contributed by atoms with Gasteiger partial charge in [0.15, 0.2) is 8.32 Å². The zero-order valence-electron chi connectivity index (χ0n) is 29.5. The van der Waals surface area contributed by atoms with Crippen LogP contribution in [0.2, 0.25) is 18.1 Å². The highest BCUT2D eigenvalue weighted by Gasteiger charge is 2.40. The van der Waals surface area contributed by atoms with Crippen molar-refractivity contribution in [2.24, 2.45) is 0 Å². The van der Waals surface area contributed by atoms with Gasteiger partial charge in [-0.15, -0.1) is 0 Å². The predicted molar refractivity (Wildman–Crippen MR) is 193 cm³/mol. The number of aromatic nitrogens is 4. The van der Waals surface area contributed by atoms with Crippen LogP contribution in [-0.2, 0) is 17.4 Å². The lowest BCUT2D eigenvalue weighted by Gasteiger charge is -2.45. The molecule has 6 rings (SSSR count). The van der Waals surface area contributed by atoms with Crippen molar-refractivity contribution >= 4 is 36.8 Å². The lowest BCUT2D eigenvalue weighted by atomic mass is 9.98. The van der Waals surface area contributed by atoms with Crippen LogP contribution in [0.15, 0.2) is 47.4 Å². The fourth-order valence-electron chi connectivity index (χ4n) is 6.88. The minimum absolute atomic E-state index is 0.000111. The number of carboxylic acid groups (broad SMARTS) is 1. The van der Waals surface area contributed by atoms with Gasteiger partial charge in [0.2, 0.25) is 0 Å². The molecule has 4 heterocycles. The molecule has 4 aromatic rings. The van der Waals surface area contributed by atoms with Gasteiger partial charge in [-0.2, -0.15) is 10.1 Å². The standard InChI is InChI=1S/C36H49N7O4Si/c1-23(2)26-11-9-10-12-30(26)43-31-21-40(32-24(3)13-14-29-28(32)19-37-39-29)16-15-27(31)33(38-34(43)44)42-18-17-41(35(45)46)20-25(42)22-47-48(7,8)36(4,5)6/h9-14,19,23,25H,15-18,20-22H2,1-8H3,(H,37,39)(H,45,46). The molecule has 12 heteroatoms. The average Bonchev–Trinajstić information content (AvgIpc) is 3.51. The SMILES string of the molecule is Cc1ccc2[nH]ncc2c1N1CCc2c(N3CCN(C(=O)O)CC3CO[Si](C)(C)C(C)(C)C)nc(=O)n(-c3ccccc3C(C)C)c2C1. The second-order valence-electron chi connectivity index (χ2n) is 15.1. The van der Waals surface area contributed by atoms with Crippen LogP contribution in [0.5, 0.6) is 0 Å². The Hall–Kier alpha value is -4.16. The Balaban J connectivity index is 1.50. The van der Waals surface area contributed by atoms with E-state index in [0.717, 1.165) is 51.2 Å². The molecule has 2 aromatic heterocycles. The minimum Gasteiger partial charge on any atom is -0.465 e. The fourth-order valence-corrected chi connectivity index (χ4v) is 7.92. The van der Waals surface area contributed by atoms with Gasteiger partial charge < -0.3 is 24.2 Å². The van der Waals surface area contributed by atoms with E-state index in [9.17, 15) is 14.7 Å². The normalized spacial score (nSPS) is 17.4. The second-order valence-corrected chi connectivity index (χ2v) is 19.9. The topological polar surface area (TPSA) is 120 Å². The van der Waals surface area contributed by atoms with E-state index >= 15 is 0 Å². The number of H-pyrrole nitrogens is 1. The lowest BCUT2D eigenvalue weighted by molar-refractivity contribution is 0.125. The summed E-state index contributed by atoms with van der Waals surface area (Å²) in [6.45, 7) is 20.1. The van der Waals surface area contributed by atoms with Crippen molar-refractivity contribution in [3.05, 3.63) is 75.5 Å². The highest BCUT2D eigenvalue weighted by atomic mass is 28.4. The van der Waals surface area contributed by atoms with Crippen molar-refractivity contribution in [1.82, 2.24) is 24.6 Å². The first-order valence-corrected chi connectivity index (χ1v) is 19.9. The van der Waals surface area contributed by atoms with Crippen molar-refractivity contribution in [3.63, 3.8) is 0 Å². The Morgan fingerprint density at radius 1 is 1.12 bits per heavy atom. The van der Waals surface area contributed by atoms with Gasteiger partial charge in [-0.25, -0.2) is 9.59 Å². The van der Waals surface area contributed by atoms with Crippen molar-refractivity contribution in [3.8, 4) is 5.69 Å². The maximum Gasteiger partial charge on any atom is 0.407 e. The van der Waals surface area contributed by atoms with Crippen LogP contribution in [0, 0.1) is 6.92 Å². The number of amides is 1. The Bertz CT molecular complexity index is 1890. The van der Waals surface area contributed by atoms with Crippen LogP contribution in [0.3, 0.4) is 0 Å². The molecule has 1 atom stereocenters.